The van der Waals surface area contributed by atoms with Gasteiger partial charge < -0.3 is 31.5 Å². The molecule has 0 bridgehead atoms. The van der Waals surface area contributed by atoms with Crippen molar-refractivity contribution in [2.75, 3.05) is 31.1 Å². The molecule has 0 aliphatic carbocycles. The molecule has 0 radical (unpaired) electrons. The minimum absolute atomic E-state index is 0.0336. The Bertz CT molecular complexity index is 1420. The van der Waals surface area contributed by atoms with E-state index in [9.17, 15) is 9.59 Å². The van der Waals surface area contributed by atoms with Crippen LogP contribution in [0.25, 0.3) is 11.4 Å². The smallest absolute Gasteiger partial charge is 0.226 e. The number of benzene rings is 1. The first-order chi connectivity index (χ1) is 18.7. The van der Waals surface area contributed by atoms with Gasteiger partial charge in [0.05, 0.1) is 5.54 Å². The summed E-state index contributed by atoms with van der Waals surface area (Å²) in [5.74, 6) is 1.08. The first-order valence-electron chi connectivity index (χ1n) is 12.4. The lowest BCUT2D eigenvalue weighted by atomic mass is 9.88. The normalized spacial score (nSPS) is 17.3. The van der Waals surface area contributed by atoms with Gasteiger partial charge >= 0.3 is 0 Å². The molecule has 1 spiro atoms. The highest BCUT2D eigenvalue weighted by Gasteiger charge is 2.40. The van der Waals surface area contributed by atoms with Gasteiger partial charge in [-0.25, -0.2) is 9.97 Å². The Morgan fingerprint density at radius 2 is 1.82 bits per heavy atom. The van der Waals surface area contributed by atoms with E-state index in [1.54, 1.807) is 12.1 Å². The molecule has 1 aromatic carbocycles. The number of likely N-dealkylation sites (tertiary alicyclic amines) is 1. The third-order valence-electron chi connectivity index (χ3n) is 6.86. The number of carbonyl (C=O) groups excluding carboxylic acids is 2. The van der Waals surface area contributed by atoms with Crippen molar-refractivity contribution in [1.29, 1.82) is 0 Å². The number of nitrogen functional groups attached to an aromatic ring is 2. The van der Waals surface area contributed by atoms with E-state index in [1.807, 2.05) is 17.0 Å². The van der Waals surface area contributed by atoms with Gasteiger partial charge in [-0.15, -0.1) is 0 Å². The largest absolute Gasteiger partial charge is 0.382 e. The summed E-state index contributed by atoms with van der Waals surface area (Å²) in [7, 11) is 0. The lowest BCUT2D eigenvalue weighted by molar-refractivity contribution is -0.132. The van der Waals surface area contributed by atoms with Crippen molar-refractivity contribution in [2.45, 2.75) is 37.6 Å². The molecule has 2 fully saturated rings. The van der Waals surface area contributed by atoms with Gasteiger partial charge in [0.15, 0.2) is 22.5 Å². The Balaban J connectivity index is 1.09. The number of nitrogens with two attached hydrogens (primary N) is 2. The van der Waals surface area contributed by atoms with Crippen molar-refractivity contribution in [3.8, 4) is 11.4 Å². The van der Waals surface area contributed by atoms with Crippen LogP contribution in [0.4, 0.5) is 11.6 Å². The fourth-order valence-electron chi connectivity index (χ4n) is 4.66. The number of nitrogens with zero attached hydrogens (tertiary/aromatic N) is 5. The monoisotopic (exact) mass is 571 g/mol. The second-order valence-corrected chi connectivity index (χ2v) is 10.4. The van der Waals surface area contributed by atoms with E-state index in [4.69, 9.17) is 39.2 Å². The van der Waals surface area contributed by atoms with Crippen molar-refractivity contribution in [2.24, 2.45) is 0 Å². The molecule has 204 valence electrons. The minimum Gasteiger partial charge on any atom is -0.382 e. The Morgan fingerprint density at radius 1 is 1.08 bits per heavy atom. The molecule has 3 aromatic rings. The van der Waals surface area contributed by atoms with E-state index < -0.39 is 5.78 Å². The summed E-state index contributed by atoms with van der Waals surface area (Å²) in [6, 6.07) is 7.20. The Morgan fingerprint density at radius 3 is 2.56 bits per heavy atom. The highest BCUT2D eigenvalue weighted by molar-refractivity contribution is 6.32. The number of aromatic nitrogens is 4. The Kier molecular flexibility index (Phi) is 7.58. The molecule has 2 aliphatic rings. The van der Waals surface area contributed by atoms with E-state index in [-0.39, 0.29) is 33.9 Å². The summed E-state index contributed by atoms with van der Waals surface area (Å²) in [5.41, 5.74) is 11.9. The number of carbonyl (C=O) groups is 2. The third kappa shape index (κ3) is 6.07. The third-order valence-corrected chi connectivity index (χ3v) is 7.39. The molecule has 2 aromatic heterocycles. The summed E-state index contributed by atoms with van der Waals surface area (Å²) in [5, 5.41) is 11.2. The van der Waals surface area contributed by atoms with Crippen LogP contribution in [-0.4, -0.2) is 61.9 Å². The fraction of sp³-hybridized carbons (Fsp3) is 0.360. The molecule has 4 heterocycles. The number of halogens is 2. The summed E-state index contributed by atoms with van der Waals surface area (Å²) in [4.78, 5) is 39.6. The molecule has 39 heavy (non-hydrogen) atoms. The number of rotatable bonds is 7. The van der Waals surface area contributed by atoms with Crippen LogP contribution in [0.1, 0.15) is 42.1 Å². The van der Waals surface area contributed by atoms with Crippen LogP contribution in [0, 0.1) is 0 Å². The number of anilines is 2. The van der Waals surface area contributed by atoms with E-state index >= 15 is 0 Å². The van der Waals surface area contributed by atoms with Gasteiger partial charge in [-0.3, -0.25) is 9.59 Å². The zero-order valence-electron chi connectivity index (χ0n) is 20.9. The van der Waals surface area contributed by atoms with Crippen molar-refractivity contribution in [1.82, 2.24) is 35.6 Å². The number of allylic oxidation sites excluding steroid dienone is 1. The van der Waals surface area contributed by atoms with E-state index in [0.29, 0.717) is 61.5 Å². The number of aryl methyl sites for hydroxylation is 1. The number of hydrogen-bond donors (Lipinski definition) is 4. The van der Waals surface area contributed by atoms with Crippen molar-refractivity contribution < 1.29 is 14.1 Å². The fourth-order valence-corrected chi connectivity index (χ4v) is 4.91. The van der Waals surface area contributed by atoms with Crippen molar-refractivity contribution >= 4 is 46.5 Å². The zero-order chi connectivity index (χ0) is 27.6. The summed E-state index contributed by atoms with van der Waals surface area (Å²) in [6.07, 6.45) is 4.38. The minimum atomic E-state index is -0.442. The number of amides is 1. The van der Waals surface area contributed by atoms with Gasteiger partial charge in [-0.05, 0) is 43.5 Å². The number of ketones is 1. The number of hydrogen-bond acceptors (Lipinski definition) is 11. The second kappa shape index (κ2) is 11.1. The molecule has 5 rings (SSSR count). The van der Waals surface area contributed by atoms with Gasteiger partial charge in [-0.1, -0.05) is 28.4 Å². The maximum Gasteiger partial charge on any atom is 0.226 e. The zero-order valence-corrected chi connectivity index (χ0v) is 22.4. The summed E-state index contributed by atoms with van der Waals surface area (Å²) in [6.45, 7) is 1.86. The molecular formula is C25H27Cl2N9O3. The Labute approximate surface area is 234 Å². The predicted octanol–water partition coefficient (Wildman–Crippen LogP) is 2.60. The quantitative estimate of drug-likeness (QED) is 0.242. The van der Waals surface area contributed by atoms with Crippen LogP contribution < -0.4 is 22.1 Å². The molecule has 14 heteroatoms. The predicted molar refractivity (Wildman–Crippen MR) is 146 cm³/mol. The van der Waals surface area contributed by atoms with Gasteiger partial charge in [0.1, 0.15) is 5.82 Å². The van der Waals surface area contributed by atoms with Crippen molar-refractivity contribution in [3.63, 3.8) is 0 Å². The number of piperidine rings is 1. The second-order valence-electron chi connectivity index (χ2n) is 9.57. The van der Waals surface area contributed by atoms with Crippen LogP contribution in [0.5, 0.6) is 0 Å². The van der Waals surface area contributed by atoms with E-state index in [0.717, 1.165) is 18.4 Å². The molecule has 0 saturated carbocycles. The summed E-state index contributed by atoms with van der Waals surface area (Å²) >= 11 is 11.8. The molecule has 1 amide bonds. The first kappa shape index (κ1) is 26.7. The van der Waals surface area contributed by atoms with Crippen LogP contribution >= 0.6 is 23.2 Å². The van der Waals surface area contributed by atoms with Crippen LogP contribution in [0.2, 0.25) is 10.2 Å². The van der Waals surface area contributed by atoms with Crippen LogP contribution in [0.3, 0.4) is 0 Å². The average Bonchev–Trinajstić information content (AvgIpc) is 3.54. The number of nitrogens with one attached hydrogen (secondary N) is 2. The maximum absolute atomic E-state index is 12.8. The molecule has 6 N–H and O–H groups in total. The molecular weight excluding hydrogens is 545 g/mol. The van der Waals surface area contributed by atoms with Gasteiger partial charge in [0.25, 0.3) is 0 Å². The van der Waals surface area contributed by atoms with Gasteiger partial charge in [0, 0.05) is 49.1 Å². The SMILES string of the molecule is Nc1nc(N)c(C(=O)/C=C2\NCC3(CCN(C(=O)CCCc4nc(-c5ccc(Cl)cc5)no4)CC3)N2)nc1Cl. The first-order valence-corrected chi connectivity index (χ1v) is 13.2. The lowest BCUT2D eigenvalue weighted by Gasteiger charge is -2.39. The molecule has 2 saturated heterocycles. The summed E-state index contributed by atoms with van der Waals surface area (Å²) < 4.78 is 5.33. The lowest BCUT2D eigenvalue weighted by Crippen LogP contribution is -2.53. The standard InChI is InChI=1S/C25H27Cl2N9O3/c26-15-6-4-14(5-7-15)24-31-18(39-35-24)2-1-3-19(38)36-10-8-25(9-11-36)13-30-17(34-25)12-16(37)20-22(28)33-23(29)21(27)32-20/h4-7,12,30,34H,1-3,8-11,13H2,(H4,28,29,33)/b17-12+. The maximum atomic E-state index is 12.8. The Hall–Kier alpha value is -3.90. The molecule has 12 nitrogen and oxygen atoms in total. The molecule has 0 atom stereocenters. The van der Waals surface area contributed by atoms with Crippen LogP contribution in [0.15, 0.2) is 40.7 Å². The average molecular weight is 572 g/mol. The van der Waals surface area contributed by atoms with Crippen LogP contribution in [-0.2, 0) is 11.2 Å². The molecule has 0 unspecified atom stereocenters. The molecule has 2 aliphatic heterocycles. The topological polar surface area (TPSA) is 178 Å². The van der Waals surface area contributed by atoms with Gasteiger partial charge in [-0.2, -0.15) is 4.98 Å². The van der Waals surface area contributed by atoms with E-state index in [2.05, 4.69) is 30.7 Å². The highest BCUT2D eigenvalue weighted by Crippen LogP contribution is 2.27. The van der Waals surface area contributed by atoms with Gasteiger partial charge in [0.2, 0.25) is 23.4 Å². The van der Waals surface area contributed by atoms with Crippen molar-refractivity contribution in [3.05, 3.63) is 57.9 Å². The van der Waals surface area contributed by atoms with E-state index in [1.165, 1.54) is 6.08 Å². The highest BCUT2D eigenvalue weighted by atomic mass is 35.5.